The first-order valence-electron chi connectivity index (χ1n) is 7.01. The number of nitrogens with two attached hydrogens (primary N) is 1. The molecule has 1 heterocycles. The van der Waals surface area contributed by atoms with Crippen LogP contribution < -0.4 is 5.73 Å². The number of nitrogens with zero attached hydrogens (tertiary/aromatic N) is 1. The number of halogens is 4. The fourth-order valence-electron chi connectivity index (χ4n) is 2.61. The molecule has 0 aliphatic carbocycles. The first-order valence-corrected chi connectivity index (χ1v) is 7.01. The second-order valence-corrected chi connectivity index (χ2v) is 5.56. The van der Waals surface area contributed by atoms with Gasteiger partial charge in [0.25, 0.3) is 5.91 Å². The van der Waals surface area contributed by atoms with E-state index >= 15 is 0 Å². The molecule has 0 bridgehead atoms. The topological polar surface area (TPSA) is 46.3 Å². The van der Waals surface area contributed by atoms with Crippen LogP contribution in [0.1, 0.15) is 35.7 Å². The molecule has 0 aromatic heterocycles. The van der Waals surface area contributed by atoms with Gasteiger partial charge in [0.2, 0.25) is 0 Å². The van der Waals surface area contributed by atoms with Crippen molar-refractivity contribution in [3.05, 3.63) is 35.4 Å². The highest BCUT2D eigenvalue weighted by Gasteiger charge is 2.31. The van der Waals surface area contributed by atoms with Crippen molar-refractivity contribution in [3.8, 4) is 0 Å². The van der Waals surface area contributed by atoms with Gasteiger partial charge in [-0.05, 0) is 49.9 Å². The molecule has 0 spiro atoms. The summed E-state index contributed by atoms with van der Waals surface area (Å²) < 4.78 is 37.5. The zero-order valence-electron chi connectivity index (χ0n) is 12.3. The number of carbonyl (C=O) groups is 1. The Morgan fingerprint density at radius 1 is 1.23 bits per heavy atom. The molecule has 2 N–H and O–H groups in total. The lowest BCUT2D eigenvalue weighted by atomic mass is 9.90. The van der Waals surface area contributed by atoms with E-state index in [9.17, 15) is 18.0 Å². The van der Waals surface area contributed by atoms with Crippen LogP contribution in [0.25, 0.3) is 0 Å². The highest BCUT2D eigenvalue weighted by molar-refractivity contribution is 5.94. The van der Waals surface area contributed by atoms with Crippen molar-refractivity contribution < 1.29 is 18.0 Å². The van der Waals surface area contributed by atoms with Crippen molar-refractivity contribution in [2.24, 2.45) is 11.7 Å². The molecule has 1 aromatic carbocycles. The maximum atomic E-state index is 12.5. The summed E-state index contributed by atoms with van der Waals surface area (Å²) in [4.78, 5) is 13.9. The molecule has 7 heteroatoms. The monoisotopic (exact) mass is 336 g/mol. The molecule has 0 radical (unpaired) electrons. The van der Waals surface area contributed by atoms with Gasteiger partial charge in [-0.1, -0.05) is 0 Å². The number of likely N-dealkylation sites (tertiary alicyclic amines) is 1. The van der Waals surface area contributed by atoms with Crippen LogP contribution in [0.4, 0.5) is 13.2 Å². The maximum absolute atomic E-state index is 12.5. The average Bonchev–Trinajstić information content (AvgIpc) is 2.46. The maximum Gasteiger partial charge on any atom is 0.416 e. The summed E-state index contributed by atoms with van der Waals surface area (Å²) in [5.41, 5.74) is 5.40. The molecule has 22 heavy (non-hydrogen) atoms. The molecule has 2 rings (SSSR count). The Morgan fingerprint density at radius 3 is 2.14 bits per heavy atom. The fourth-order valence-corrected chi connectivity index (χ4v) is 2.61. The van der Waals surface area contributed by atoms with Gasteiger partial charge in [0.15, 0.2) is 0 Å². The van der Waals surface area contributed by atoms with Gasteiger partial charge < -0.3 is 10.6 Å². The number of alkyl halides is 3. The van der Waals surface area contributed by atoms with Crippen LogP contribution in [-0.4, -0.2) is 29.9 Å². The molecule has 1 aliphatic rings. The van der Waals surface area contributed by atoms with Crippen molar-refractivity contribution in [3.63, 3.8) is 0 Å². The second kappa shape index (κ2) is 7.33. The predicted molar refractivity (Wildman–Crippen MR) is 81.0 cm³/mol. The Labute approximate surface area is 134 Å². The molecule has 1 amide bonds. The van der Waals surface area contributed by atoms with Gasteiger partial charge in [0.1, 0.15) is 0 Å². The Hall–Kier alpha value is -1.27. The minimum atomic E-state index is -4.38. The smallest absolute Gasteiger partial charge is 0.339 e. The van der Waals surface area contributed by atoms with Gasteiger partial charge >= 0.3 is 6.18 Å². The number of rotatable bonds is 2. The number of hydrogen-bond acceptors (Lipinski definition) is 2. The van der Waals surface area contributed by atoms with E-state index in [4.69, 9.17) is 5.73 Å². The third-order valence-corrected chi connectivity index (χ3v) is 4.03. The van der Waals surface area contributed by atoms with Crippen LogP contribution in [0.5, 0.6) is 0 Å². The first kappa shape index (κ1) is 18.8. The number of carbonyl (C=O) groups excluding carboxylic acids is 1. The number of benzene rings is 1. The zero-order valence-corrected chi connectivity index (χ0v) is 13.1. The van der Waals surface area contributed by atoms with E-state index in [1.54, 1.807) is 4.90 Å². The molecule has 1 atom stereocenters. The standard InChI is InChI=1S/C15H19F3N2O.ClH/c1-10(19)11-6-8-20(9-7-11)14(21)12-2-4-13(5-3-12)15(16,17)18;/h2-5,10-11H,6-9,19H2,1H3;1H. The molecule has 1 aliphatic heterocycles. The summed E-state index contributed by atoms with van der Waals surface area (Å²) in [6, 6.07) is 4.48. The SMILES string of the molecule is CC(N)C1CCN(C(=O)c2ccc(C(F)(F)F)cc2)CC1.Cl. The quantitative estimate of drug-likeness (QED) is 0.900. The van der Waals surface area contributed by atoms with E-state index in [0.29, 0.717) is 24.6 Å². The van der Waals surface area contributed by atoms with Gasteiger partial charge in [0.05, 0.1) is 5.56 Å². The van der Waals surface area contributed by atoms with Crippen LogP contribution in [0, 0.1) is 5.92 Å². The number of amides is 1. The summed E-state index contributed by atoms with van der Waals surface area (Å²) in [6.45, 7) is 3.16. The van der Waals surface area contributed by atoms with E-state index in [0.717, 1.165) is 25.0 Å². The van der Waals surface area contributed by atoms with Gasteiger partial charge in [-0.3, -0.25) is 4.79 Å². The molecular weight excluding hydrogens is 317 g/mol. The molecule has 1 saturated heterocycles. The molecule has 1 fully saturated rings. The Morgan fingerprint density at radius 2 is 1.73 bits per heavy atom. The molecule has 0 saturated carbocycles. The van der Waals surface area contributed by atoms with Crippen molar-refractivity contribution in [2.45, 2.75) is 32.0 Å². The van der Waals surface area contributed by atoms with E-state index in [-0.39, 0.29) is 24.4 Å². The average molecular weight is 337 g/mol. The second-order valence-electron chi connectivity index (χ2n) is 5.56. The van der Waals surface area contributed by atoms with E-state index in [2.05, 4.69) is 0 Å². The third kappa shape index (κ3) is 4.36. The summed E-state index contributed by atoms with van der Waals surface area (Å²) >= 11 is 0. The highest BCUT2D eigenvalue weighted by Crippen LogP contribution is 2.29. The Kier molecular flexibility index (Phi) is 6.26. The van der Waals surface area contributed by atoms with Crippen LogP contribution in [0.3, 0.4) is 0 Å². The summed E-state index contributed by atoms with van der Waals surface area (Å²) in [5.74, 6) is 0.188. The van der Waals surface area contributed by atoms with Gasteiger partial charge in [0, 0.05) is 24.7 Å². The molecule has 124 valence electrons. The van der Waals surface area contributed by atoms with Gasteiger partial charge in [-0.25, -0.2) is 0 Å². The fraction of sp³-hybridized carbons (Fsp3) is 0.533. The van der Waals surface area contributed by atoms with Crippen molar-refractivity contribution in [1.29, 1.82) is 0 Å². The largest absolute Gasteiger partial charge is 0.416 e. The number of hydrogen-bond donors (Lipinski definition) is 1. The third-order valence-electron chi connectivity index (χ3n) is 4.03. The Balaban J connectivity index is 0.00000242. The predicted octanol–water partition coefficient (Wildman–Crippen LogP) is 3.33. The summed E-state index contributed by atoms with van der Waals surface area (Å²) in [7, 11) is 0. The zero-order chi connectivity index (χ0) is 15.6. The van der Waals surface area contributed by atoms with Crippen molar-refractivity contribution in [2.75, 3.05) is 13.1 Å². The summed E-state index contributed by atoms with van der Waals surface area (Å²) in [6.07, 6.45) is -2.70. The molecule has 3 nitrogen and oxygen atoms in total. The normalized spacial score (nSPS) is 17.8. The minimum absolute atomic E-state index is 0. The van der Waals surface area contributed by atoms with E-state index < -0.39 is 11.7 Å². The lowest BCUT2D eigenvalue weighted by molar-refractivity contribution is -0.137. The molecule has 1 unspecified atom stereocenters. The number of piperidine rings is 1. The lowest BCUT2D eigenvalue weighted by Crippen LogP contribution is -2.42. The Bertz CT molecular complexity index is 495. The summed E-state index contributed by atoms with van der Waals surface area (Å²) in [5, 5.41) is 0. The van der Waals surface area contributed by atoms with Crippen LogP contribution >= 0.6 is 12.4 Å². The van der Waals surface area contributed by atoms with Crippen LogP contribution in [0.2, 0.25) is 0 Å². The van der Waals surface area contributed by atoms with Crippen molar-refractivity contribution in [1.82, 2.24) is 4.90 Å². The van der Waals surface area contributed by atoms with E-state index in [1.807, 2.05) is 6.92 Å². The van der Waals surface area contributed by atoms with E-state index in [1.165, 1.54) is 12.1 Å². The van der Waals surface area contributed by atoms with Gasteiger partial charge in [-0.15, -0.1) is 12.4 Å². The van der Waals surface area contributed by atoms with Crippen molar-refractivity contribution >= 4 is 18.3 Å². The minimum Gasteiger partial charge on any atom is -0.339 e. The van der Waals surface area contributed by atoms with Crippen LogP contribution in [0.15, 0.2) is 24.3 Å². The first-order chi connectivity index (χ1) is 9.79. The van der Waals surface area contributed by atoms with Gasteiger partial charge in [-0.2, -0.15) is 13.2 Å². The highest BCUT2D eigenvalue weighted by atomic mass is 35.5. The lowest BCUT2D eigenvalue weighted by Gasteiger charge is -2.33. The molecule has 1 aromatic rings. The van der Waals surface area contributed by atoms with Crippen LogP contribution in [-0.2, 0) is 6.18 Å². The molecular formula is C15H20ClF3N2O.